The molecule has 1 aliphatic carbocycles. The Morgan fingerprint density at radius 2 is 1.75 bits per heavy atom. The number of fused-ring (bicyclic) bond motifs is 3. The zero-order chi connectivity index (χ0) is 19.5. The summed E-state index contributed by atoms with van der Waals surface area (Å²) in [6, 6.07) is 16.4. The number of carbonyl (C=O) groups is 2. The number of hydrogen-bond acceptors (Lipinski definition) is 3. The first kappa shape index (κ1) is 18.3. The van der Waals surface area contributed by atoms with Crippen molar-refractivity contribution in [3.63, 3.8) is 0 Å². The predicted octanol–water partition coefficient (Wildman–Crippen LogP) is 3.70. The number of benzene rings is 2. The molecule has 2 aromatic carbocycles. The van der Waals surface area contributed by atoms with Gasteiger partial charge in [-0.3, -0.25) is 4.79 Å². The molecular weight excluding hydrogens is 352 g/mol. The van der Waals surface area contributed by atoms with Gasteiger partial charge in [0.15, 0.2) is 0 Å². The molecule has 144 valence electrons. The molecule has 1 atom stereocenters. The lowest BCUT2D eigenvalue weighted by Gasteiger charge is -2.32. The standard InChI is InChI=1S/C23H24N2O3/c1-2-22(26)25-13-7-8-16(14-25)24-23(27)28-15-21-19-11-5-3-9-17(19)18-10-4-6-12-20(18)21/h2-6,9-12,16,21H,1,7-8,13-15H2,(H,24,27). The van der Waals surface area contributed by atoms with Gasteiger partial charge in [0.05, 0.1) is 0 Å². The number of carbonyl (C=O) groups excluding carboxylic acids is 2. The number of nitrogens with one attached hydrogen (secondary N) is 1. The van der Waals surface area contributed by atoms with Crippen molar-refractivity contribution in [3.8, 4) is 11.1 Å². The van der Waals surface area contributed by atoms with Crippen LogP contribution in [0.2, 0.25) is 0 Å². The average molecular weight is 376 g/mol. The molecule has 2 amide bonds. The lowest BCUT2D eigenvalue weighted by Crippen LogP contribution is -2.49. The molecule has 1 saturated heterocycles. The first-order valence-corrected chi connectivity index (χ1v) is 9.70. The lowest BCUT2D eigenvalue weighted by molar-refractivity contribution is -0.127. The van der Waals surface area contributed by atoms with Crippen LogP contribution in [-0.4, -0.2) is 42.6 Å². The van der Waals surface area contributed by atoms with Crippen LogP contribution in [-0.2, 0) is 9.53 Å². The summed E-state index contributed by atoms with van der Waals surface area (Å²) in [4.78, 5) is 25.9. The molecule has 2 aromatic rings. The molecule has 28 heavy (non-hydrogen) atoms. The molecule has 0 radical (unpaired) electrons. The first-order chi connectivity index (χ1) is 13.7. The van der Waals surface area contributed by atoms with E-state index < -0.39 is 6.09 Å². The third-order valence-corrected chi connectivity index (χ3v) is 5.57. The van der Waals surface area contributed by atoms with E-state index in [0.29, 0.717) is 19.7 Å². The fourth-order valence-corrected chi connectivity index (χ4v) is 4.23. The highest BCUT2D eigenvalue weighted by Crippen LogP contribution is 2.44. The van der Waals surface area contributed by atoms with Crippen LogP contribution in [0, 0.1) is 0 Å². The number of nitrogens with zero attached hydrogens (tertiary/aromatic N) is 1. The number of likely N-dealkylation sites (tertiary alicyclic amines) is 1. The third kappa shape index (κ3) is 3.52. The Labute approximate surface area is 165 Å². The van der Waals surface area contributed by atoms with Crippen LogP contribution in [0.4, 0.5) is 4.79 Å². The highest BCUT2D eigenvalue weighted by Gasteiger charge is 2.29. The number of amides is 2. The molecule has 1 heterocycles. The Morgan fingerprint density at radius 3 is 2.39 bits per heavy atom. The highest BCUT2D eigenvalue weighted by atomic mass is 16.5. The van der Waals surface area contributed by atoms with Crippen LogP contribution in [0.3, 0.4) is 0 Å². The monoisotopic (exact) mass is 376 g/mol. The summed E-state index contributed by atoms with van der Waals surface area (Å²) >= 11 is 0. The van der Waals surface area contributed by atoms with Gasteiger partial charge in [-0.1, -0.05) is 55.1 Å². The first-order valence-electron chi connectivity index (χ1n) is 9.70. The van der Waals surface area contributed by atoms with Gasteiger partial charge in [-0.25, -0.2) is 4.79 Å². The Bertz CT molecular complexity index is 863. The van der Waals surface area contributed by atoms with Gasteiger partial charge < -0.3 is 15.0 Å². The molecule has 0 bridgehead atoms. The molecule has 0 spiro atoms. The van der Waals surface area contributed by atoms with E-state index in [0.717, 1.165) is 12.8 Å². The van der Waals surface area contributed by atoms with Crippen molar-refractivity contribution in [2.45, 2.75) is 24.8 Å². The number of piperidine rings is 1. The van der Waals surface area contributed by atoms with Gasteiger partial charge in [-0.2, -0.15) is 0 Å². The van der Waals surface area contributed by atoms with Gasteiger partial charge in [-0.05, 0) is 41.2 Å². The van der Waals surface area contributed by atoms with Crippen LogP contribution in [0.15, 0.2) is 61.2 Å². The second-order valence-electron chi connectivity index (χ2n) is 7.30. The van der Waals surface area contributed by atoms with Crippen molar-refractivity contribution in [1.29, 1.82) is 0 Å². The zero-order valence-corrected chi connectivity index (χ0v) is 15.8. The molecule has 5 heteroatoms. The molecule has 0 saturated carbocycles. The zero-order valence-electron chi connectivity index (χ0n) is 15.8. The molecule has 1 fully saturated rings. The second kappa shape index (κ2) is 7.89. The molecule has 1 N–H and O–H groups in total. The average Bonchev–Trinajstić information content (AvgIpc) is 3.06. The predicted molar refractivity (Wildman–Crippen MR) is 108 cm³/mol. The Balaban J connectivity index is 1.39. The molecule has 5 nitrogen and oxygen atoms in total. The maximum atomic E-state index is 12.4. The van der Waals surface area contributed by atoms with E-state index in [1.807, 2.05) is 24.3 Å². The highest BCUT2D eigenvalue weighted by molar-refractivity contribution is 5.87. The van der Waals surface area contributed by atoms with Crippen molar-refractivity contribution in [2.24, 2.45) is 0 Å². The van der Waals surface area contributed by atoms with Crippen molar-refractivity contribution < 1.29 is 14.3 Å². The topological polar surface area (TPSA) is 58.6 Å². The normalized spacial score (nSPS) is 18.1. The van der Waals surface area contributed by atoms with Gasteiger partial charge in [-0.15, -0.1) is 0 Å². The van der Waals surface area contributed by atoms with Crippen molar-refractivity contribution in [1.82, 2.24) is 10.2 Å². The second-order valence-corrected chi connectivity index (χ2v) is 7.30. The largest absolute Gasteiger partial charge is 0.449 e. The SMILES string of the molecule is C=CC(=O)N1CCCC(NC(=O)OCC2c3ccccc3-c3ccccc32)C1. The van der Waals surface area contributed by atoms with Crippen LogP contribution < -0.4 is 5.32 Å². The van der Waals surface area contributed by atoms with Crippen LogP contribution >= 0.6 is 0 Å². The van der Waals surface area contributed by atoms with Crippen LogP contribution in [0.5, 0.6) is 0 Å². The smallest absolute Gasteiger partial charge is 0.407 e. The number of hydrogen-bond donors (Lipinski definition) is 1. The van der Waals surface area contributed by atoms with Gasteiger partial charge in [0.2, 0.25) is 5.91 Å². The van der Waals surface area contributed by atoms with E-state index in [9.17, 15) is 9.59 Å². The quantitative estimate of drug-likeness (QED) is 0.828. The minimum atomic E-state index is -0.431. The van der Waals surface area contributed by atoms with Crippen LogP contribution in [0.25, 0.3) is 11.1 Å². The molecule has 2 aliphatic rings. The van der Waals surface area contributed by atoms with Crippen molar-refractivity contribution in [3.05, 3.63) is 72.3 Å². The minimum absolute atomic E-state index is 0.0448. The maximum absolute atomic E-state index is 12.4. The van der Waals surface area contributed by atoms with E-state index in [1.165, 1.54) is 28.3 Å². The third-order valence-electron chi connectivity index (χ3n) is 5.57. The summed E-state index contributed by atoms with van der Waals surface area (Å²) in [6.07, 6.45) is 2.58. The van der Waals surface area contributed by atoms with E-state index >= 15 is 0 Å². The Hall–Kier alpha value is -3.08. The molecule has 0 aromatic heterocycles. The van der Waals surface area contributed by atoms with Gasteiger partial charge in [0, 0.05) is 25.0 Å². The molecule has 1 aliphatic heterocycles. The fourth-order valence-electron chi connectivity index (χ4n) is 4.23. The van der Waals surface area contributed by atoms with Crippen LogP contribution in [0.1, 0.15) is 29.9 Å². The maximum Gasteiger partial charge on any atom is 0.407 e. The van der Waals surface area contributed by atoms with Crippen molar-refractivity contribution in [2.75, 3.05) is 19.7 Å². The lowest BCUT2D eigenvalue weighted by atomic mass is 9.98. The Kier molecular flexibility index (Phi) is 5.15. The number of alkyl carbamates (subject to hydrolysis) is 1. The van der Waals surface area contributed by atoms with Gasteiger partial charge in [0.25, 0.3) is 0 Å². The van der Waals surface area contributed by atoms with E-state index in [1.54, 1.807) is 4.90 Å². The number of rotatable bonds is 4. The molecular formula is C23H24N2O3. The van der Waals surface area contributed by atoms with Crippen molar-refractivity contribution >= 4 is 12.0 Å². The number of ether oxygens (including phenoxy) is 1. The van der Waals surface area contributed by atoms with Gasteiger partial charge >= 0.3 is 6.09 Å². The molecule has 4 rings (SSSR count). The summed E-state index contributed by atoms with van der Waals surface area (Å²) in [7, 11) is 0. The molecule has 1 unspecified atom stereocenters. The summed E-state index contributed by atoms with van der Waals surface area (Å²) in [5, 5.41) is 2.91. The Morgan fingerprint density at radius 1 is 1.11 bits per heavy atom. The summed E-state index contributed by atoms with van der Waals surface area (Å²) in [5.74, 6) is -0.0533. The van der Waals surface area contributed by atoms with E-state index in [4.69, 9.17) is 4.74 Å². The van der Waals surface area contributed by atoms with E-state index in [-0.39, 0.29) is 17.9 Å². The summed E-state index contributed by atoms with van der Waals surface area (Å²) < 4.78 is 5.59. The van der Waals surface area contributed by atoms with E-state index in [2.05, 4.69) is 36.2 Å². The van der Waals surface area contributed by atoms with Gasteiger partial charge in [0.1, 0.15) is 6.61 Å². The summed E-state index contributed by atoms with van der Waals surface area (Å²) in [6.45, 7) is 5.02. The summed E-state index contributed by atoms with van der Waals surface area (Å²) in [5.41, 5.74) is 4.80. The fraction of sp³-hybridized carbons (Fsp3) is 0.304. The minimum Gasteiger partial charge on any atom is -0.449 e.